The molecular weight excluding hydrogens is 234 g/mol. The van der Waals surface area contributed by atoms with Gasteiger partial charge in [0.1, 0.15) is 8.24 Å². The van der Waals surface area contributed by atoms with Gasteiger partial charge in [-0.05, 0) is 26.7 Å². The van der Waals surface area contributed by atoms with E-state index in [1.54, 1.807) is 7.05 Å². The lowest BCUT2D eigenvalue weighted by atomic mass is 11.6. The highest BCUT2D eigenvalue weighted by Crippen LogP contribution is 2.17. The van der Waals surface area contributed by atoms with Crippen molar-refractivity contribution in [2.24, 2.45) is 0 Å². The average Bonchev–Trinajstić information content (AvgIpc) is 1.78. The molecule has 0 spiro atoms. The second-order valence-electron chi connectivity index (χ2n) is 5.29. The van der Waals surface area contributed by atoms with Gasteiger partial charge in [0.25, 0.3) is 0 Å². The van der Waals surface area contributed by atoms with Crippen LogP contribution < -0.4 is 0 Å². The summed E-state index contributed by atoms with van der Waals surface area (Å²) in [4.78, 5) is 0. The number of hydrogen-bond acceptors (Lipinski definition) is 3. The van der Waals surface area contributed by atoms with Crippen LogP contribution in [-0.2, 0) is 14.2 Å². The molecule has 4 nitrogen and oxygen atoms in total. The molecule has 0 aromatic carbocycles. The summed E-state index contributed by atoms with van der Waals surface area (Å²) in [5.41, 5.74) is 0. The maximum absolute atomic E-state index is 11.8. The van der Waals surface area contributed by atoms with Crippen molar-refractivity contribution in [3.05, 3.63) is 0 Å². The second-order valence-corrected chi connectivity index (χ2v) is 16.9. The van der Waals surface area contributed by atoms with Gasteiger partial charge in [-0.25, -0.2) is 3.97 Å². The highest BCUT2D eigenvalue weighted by atomic mass is 32.2. The molecular formula is C7H21NO3SSi2. The van der Waals surface area contributed by atoms with Gasteiger partial charge in [-0.1, -0.05) is 19.6 Å². The van der Waals surface area contributed by atoms with Crippen molar-refractivity contribution in [1.29, 1.82) is 0 Å². The van der Waals surface area contributed by atoms with E-state index in [0.717, 1.165) is 0 Å². The third-order valence-corrected chi connectivity index (χ3v) is 9.35. The fourth-order valence-corrected chi connectivity index (χ4v) is 6.70. The zero-order chi connectivity index (χ0) is 11.8. The Bertz CT molecular complexity index is 289. The molecule has 0 aliphatic rings. The van der Waals surface area contributed by atoms with E-state index < -0.39 is 26.9 Å². The van der Waals surface area contributed by atoms with Crippen LogP contribution in [0.3, 0.4) is 0 Å². The van der Waals surface area contributed by atoms with Crippen molar-refractivity contribution in [2.45, 2.75) is 39.3 Å². The van der Waals surface area contributed by atoms with Crippen LogP contribution in [0.4, 0.5) is 0 Å². The molecule has 0 saturated heterocycles. The summed E-state index contributed by atoms with van der Waals surface area (Å²) >= 11 is 0. The second kappa shape index (κ2) is 4.05. The Morgan fingerprint density at radius 3 is 1.57 bits per heavy atom. The van der Waals surface area contributed by atoms with Crippen molar-refractivity contribution in [1.82, 2.24) is 3.97 Å². The van der Waals surface area contributed by atoms with Crippen LogP contribution in [0.5, 0.6) is 0 Å². The molecule has 0 bridgehead atoms. The molecule has 0 aliphatic carbocycles. The third kappa shape index (κ3) is 4.69. The topological polar surface area (TPSA) is 46.6 Å². The van der Waals surface area contributed by atoms with Gasteiger partial charge in [-0.15, -0.1) is 0 Å². The first kappa shape index (κ1) is 14.3. The van der Waals surface area contributed by atoms with Crippen LogP contribution in [0.25, 0.3) is 0 Å². The Morgan fingerprint density at radius 2 is 1.36 bits per heavy atom. The Balaban J connectivity index is 4.83. The number of nitrogens with zero attached hydrogens (tertiary/aromatic N) is 1. The molecule has 7 heteroatoms. The molecule has 0 unspecified atom stereocenters. The van der Waals surface area contributed by atoms with Gasteiger partial charge in [-0.3, -0.25) is 0 Å². The Labute approximate surface area is 89.7 Å². The fourth-order valence-electron chi connectivity index (χ4n) is 0.707. The molecule has 0 aliphatic heterocycles. The highest BCUT2D eigenvalue weighted by Gasteiger charge is 2.35. The van der Waals surface area contributed by atoms with Crippen molar-refractivity contribution >= 4 is 26.9 Å². The number of rotatable bonds is 4. The van der Waals surface area contributed by atoms with E-state index in [1.807, 2.05) is 39.3 Å². The Hall–Kier alpha value is 0.304. The Kier molecular flexibility index (Phi) is 4.14. The average molecular weight is 255 g/mol. The van der Waals surface area contributed by atoms with Crippen LogP contribution in [0.15, 0.2) is 0 Å². The van der Waals surface area contributed by atoms with E-state index in [9.17, 15) is 8.42 Å². The summed E-state index contributed by atoms with van der Waals surface area (Å²) in [7, 11) is -5.81. The van der Waals surface area contributed by atoms with E-state index in [-0.39, 0.29) is 0 Å². The third-order valence-electron chi connectivity index (χ3n) is 1.64. The molecule has 0 radical (unpaired) electrons. The lowest BCUT2D eigenvalue weighted by Crippen LogP contribution is -2.49. The highest BCUT2D eigenvalue weighted by molar-refractivity contribution is 7.86. The SMILES string of the molecule is CN([Si](C)(C)C)S(=O)(=O)O[Si](C)(C)C. The first-order valence-corrected chi connectivity index (χ1v) is 12.8. The van der Waals surface area contributed by atoms with Crippen molar-refractivity contribution in [2.75, 3.05) is 7.05 Å². The van der Waals surface area contributed by atoms with E-state index in [0.29, 0.717) is 0 Å². The van der Waals surface area contributed by atoms with Crippen LogP contribution >= 0.6 is 0 Å². The molecule has 14 heavy (non-hydrogen) atoms. The van der Waals surface area contributed by atoms with Crippen LogP contribution in [0.2, 0.25) is 39.3 Å². The lowest BCUT2D eigenvalue weighted by Gasteiger charge is -2.31. The predicted octanol–water partition coefficient (Wildman–Crippen LogP) is 1.85. The quantitative estimate of drug-likeness (QED) is 0.720. The monoisotopic (exact) mass is 255 g/mol. The van der Waals surface area contributed by atoms with Crippen molar-refractivity contribution in [3.63, 3.8) is 0 Å². The van der Waals surface area contributed by atoms with Gasteiger partial charge < -0.3 is 3.87 Å². The van der Waals surface area contributed by atoms with E-state index in [4.69, 9.17) is 3.87 Å². The van der Waals surface area contributed by atoms with Gasteiger partial charge in [0.15, 0.2) is 0 Å². The number of hydrogen-bond donors (Lipinski definition) is 0. The lowest BCUT2D eigenvalue weighted by molar-refractivity contribution is 0.444. The maximum atomic E-state index is 11.8. The van der Waals surface area contributed by atoms with Gasteiger partial charge >= 0.3 is 10.3 Å². The largest absolute Gasteiger partial charge is 0.322 e. The molecule has 0 aromatic rings. The minimum absolute atomic E-state index is 1.40. The van der Waals surface area contributed by atoms with E-state index in [2.05, 4.69) is 0 Å². The summed E-state index contributed by atoms with van der Waals surface area (Å²) in [6.07, 6.45) is 0. The zero-order valence-electron chi connectivity index (χ0n) is 10.1. The van der Waals surface area contributed by atoms with Gasteiger partial charge in [0, 0.05) is 0 Å². The molecule has 86 valence electrons. The van der Waals surface area contributed by atoms with Gasteiger partial charge in [-0.2, -0.15) is 8.42 Å². The van der Waals surface area contributed by atoms with Crippen molar-refractivity contribution in [3.8, 4) is 0 Å². The summed E-state index contributed by atoms with van der Waals surface area (Å²) in [6.45, 7) is 11.5. The smallest absolute Gasteiger partial charge is 0.304 e. The maximum Gasteiger partial charge on any atom is 0.322 e. The first-order valence-electron chi connectivity index (χ1n) is 4.56. The summed E-state index contributed by atoms with van der Waals surface area (Å²) in [5, 5.41) is 0. The van der Waals surface area contributed by atoms with Crippen LogP contribution in [-0.4, -0.2) is 36.0 Å². The summed E-state index contributed by atoms with van der Waals surface area (Å²) in [5.74, 6) is 0. The molecule has 0 saturated carbocycles. The molecule has 0 amide bonds. The van der Waals surface area contributed by atoms with Crippen molar-refractivity contribution < 1.29 is 12.3 Å². The molecule has 0 fully saturated rings. The molecule has 0 heterocycles. The van der Waals surface area contributed by atoms with Crippen LogP contribution in [0, 0.1) is 0 Å². The minimum Gasteiger partial charge on any atom is -0.304 e. The van der Waals surface area contributed by atoms with Crippen LogP contribution in [0.1, 0.15) is 0 Å². The fraction of sp³-hybridized carbons (Fsp3) is 1.00. The van der Waals surface area contributed by atoms with Gasteiger partial charge in [0.05, 0.1) is 0 Å². The van der Waals surface area contributed by atoms with E-state index in [1.165, 1.54) is 3.97 Å². The molecule has 0 rings (SSSR count). The summed E-state index contributed by atoms with van der Waals surface area (Å²) in [6, 6.07) is 0. The zero-order valence-corrected chi connectivity index (χ0v) is 12.9. The Morgan fingerprint density at radius 1 is 1.00 bits per heavy atom. The van der Waals surface area contributed by atoms with Gasteiger partial charge in [0.2, 0.25) is 8.32 Å². The molecule has 0 atom stereocenters. The summed E-state index contributed by atoms with van der Waals surface area (Å²) < 4.78 is 30.1. The standard InChI is InChI=1S/C7H21NO3SSi2/c1-8(13(2,3)4)12(9,10)11-14(5,6)7/h1-7H3. The minimum atomic E-state index is -3.52. The predicted molar refractivity (Wildman–Crippen MR) is 64.5 cm³/mol. The van der Waals surface area contributed by atoms with E-state index >= 15 is 0 Å². The first-order chi connectivity index (χ1) is 5.86. The normalized spacial score (nSPS) is 14.9. The molecule has 0 N–H and O–H groups in total. The molecule has 0 aromatic heterocycles.